The Hall–Kier alpha value is -2.46. The molecule has 1 aromatic heterocycles. The maximum Gasteiger partial charge on any atom is 0.234 e. The lowest BCUT2D eigenvalue weighted by molar-refractivity contribution is -0.113. The van der Waals surface area contributed by atoms with E-state index < -0.39 is 17.5 Å². The summed E-state index contributed by atoms with van der Waals surface area (Å²) in [6.07, 6.45) is 0. The van der Waals surface area contributed by atoms with E-state index >= 15 is 0 Å². The van der Waals surface area contributed by atoms with Crippen LogP contribution in [0.15, 0.2) is 46.0 Å². The number of carbonyl (C=O) groups is 1. The minimum atomic E-state index is -0.856. The average molecular weight is 469 g/mol. The lowest BCUT2D eigenvalue weighted by atomic mass is 10.2. The monoisotopic (exact) mass is 468 g/mol. The SMILES string of the molecule is COc1ccc(-c2nnc(SCC(=O)Nc3c(F)cc(F)cc3Br)n2C)cc1. The lowest BCUT2D eigenvalue weighted by Gasteiger charge is -2.09. The summed E-state index contributed by atoms with van der Waals surface area (Å²) in [7, 11) is 3.38. The molecule has 0 bridgehead atoms. The van der Waals surface area contributed by atoms with Gasteiger partial charge in [0.15, 0.2) is 16.8 Å². The first kappa shape index (κ1) is 20.3. The molecule has 1 heterocycles. The number of hydrogen-bond donors (Lipinski definition) is 1. The molecule has 0 saturated heterocycles. The summed E-state index contributed by atoms with van der Waals surface area (Å²) < 4.78 is 34.0. The number of aromatic nitrogens is 3. The van der Waals surface area contributed by atoms with Gasteiger partial charge in [0.1, 0.15) is 11.6 Å². The number of halogens is 3. The second-order valence-corrected chi connectivity index (χ2v) is 7.47. The van der Waals surface area contributed by atoms with Crippen LogP contribution in [-0.4, -0.2) is 33.5 Å². The Bertz CT molecular complexity index is 988. The van der Waals surface area contributed by atoms with E-state index in [1.807, 2.05) is 24.3 Å². The van der Waals surface area contributed by atoms with Gasteiger partial charge in [-0.1, -0.05) is 11.8 Å². The maximum absolute atomic E-state index is 13.8. The number of carbonyl (C=O) groups excluding carboxylic acids is 1. The molecule has 2 aromatic carbocycles. The van der Waals surface area contributed by atoms with E-state index in [4.69, 9.17) is 4.74 Å². The van der Waals surface area contributed by atoms with Crippen LogP contribution in [0.4, 0.5) is 14.5 Å². The number of ether oxygens (including phenoxy) is 1. The molecule has 0 aliphatic heterocycles. The third-order valence-corrected chi connectivity index (χ3v) is 5.43. The molecule has 0 radical (unpaired) electrons. The summed E-state index contributed by atoms with van der Waals surface area (Å²) in [5.41, 5.74) is 0.744. The van der Waals surface area contributed by atoms with E-state index in [0.717, 1.165) is 29.1 Å². The first-order chi connectivity index (χ1) is 13.4. The maximum atomic E-state index is 13.8. The fraction of sp³-hybridized carbons (Fsp3) is 0.167. The summed E-state index contributed by atoms with van der Waals surface area (Å²) in [6.45, 7) is 0. The van der Waals surface area contributed by atoms with Crippen LogP contribution in [0.2, 0.25) is 0 Å². The molecule has 10 heteroatoms. The van der Waals surface area contributed by atoms with Crippen LogP contribution in [0.25, 0.3) is 11.4 Å². The topological polar surface area (TPSA) is 69.0 Å². The Labute approximate surface area is 172 Å². The molecule has 0 saturated carbocycles. The molecule has 1 amide bonds. The molecular formula is C18H15BrF2N4O2S. The highest BCUT2D eigenvalue weighted by molar-refractivity contribution is 9.10. The third-order valence-electron chi connectivity index (χ3n) is 3.79. The number of benzene rings is 2. The van der Waals surface area contributed by atoms with E-state index in [1.165, 1.54) is 0 Å². The molecule has 0 fully saturated rings. The van der Waals surface area contributed by atoms with Gasteiger partial charge in [0.25, 0.3) is 0 Å². The number of thioether (sulfide) groups is 1. The Kier molecular flexibility index (Phi) is 6.30. The minimum Gasteiger partial charge on any atom is -0.497 e. The standard InChI is InChI=1S/C18H15BrF2N4O2S/c1-25-17(10-3-5-12(27-2)6-4-10)23-24-18(25)28-9-15(26)22-16-13(19)7-11(20)8-14(16)21/h3-8H,9H2,1-2H3,(H,22,26). The van der Waals surface area contributed by atoms with Gasteiger partial charge in [-0.15, -0.1) is 10.2 Å². The van der Waals surface area contributed by atoms with Crippen molar-refractivity contribution in [3.8, 4) is 17.1 Å². The molecule has 3 aromatic rings. The van der Waals surface area contributed by atoms with Crippen LogP contribution < -0.4 is 10.1 Å². The first-order valence-electron chi connectivity index (χ1n) is 8.00. The van der Waals surface area contributed by atoms with Crippen LogP contribution in [0.1, 0.15) is 0 Å². The highest BCUT2D eigenvalue weighted by Crippen LogP contribution is 2.28. The van der Waals surface area contributed by atoms with E-state index in [2.05, 4.69) is 31.4 Å². The summed E-state index contributed by atoms with van der Waals surface area (Å²) >= 11 is 4.19. The number of amides is 1. The predicted octanol–water partition coefficient (Wildman–Crippen LogP) is 4.26. The van der Waals surface area contributed by atoms with Gasteiger partial charge in [0.05, 0.1) is 18.6 Å². The number of methoxy groups -OCH3 is 1. The zero-order chi connectivity index (χ0) is 20.3. The molecule has 1 N–H and O–H groups in total. The Morgan fingerprint density at radius 3 is 2.61 bits per heavy atom. The minimum absolute atomic E-state index is 0.0160. The Morgan fingerprint density at radius 1 is 1.25 bits per heavy atom. The number of nitrogens with one attached hydrogen (secondary N) is 1. The summed E-state index contributed by atoms with van der Waals surface area (Å²) in [6, 6.07) is 9.14. The van der Waals surface area contributed by atoms with Crippen molar-refractivity contribution in [2.45, 2.75) is 5.16 Å². The third kappa shape index (κ3) is 4.50. The fourth-order valence-corrected chi connectivity index (χ4v) is 3.62. The zero-order valence-electron chi connectivity index (χ0n) is 14.9. The van der Waals surface area contributed by atoms with Gasteiger partial charge in [0.2, 0.25) is 5.91 Å². The number of hydrogen-bond acceptors (Lipinski definition) is 5. The molecule has 146 valence electrons. The normalized spacial score (nSPS) is 10.8. The van der Waals surface area contributed by atoms with E-state index in [-0.39, 0.29) is 15.9 Å². The second-order valence-electron chi connectivity index (χ2n) is 5.67. The van der Waals surface area contributed by atoms with Crippen LogP contribution in [0.5, 0.6) is 5.75 Å². The highest BCUT2D eigenvalue weighted by atomic mass is 79.9. The molecule has 28 heavy (non-hydrogen) atoms. The van der Waals surface area contributed by atoms with Crippen molar-refractivity contribution in [3.63, 3.8) is 0 Å². The van der Waals surface area contributed by atoms with Gasteiger partial charge < -0.3 is 14.6 Å². The summed E-state index contributed by atoms with van der Waals surface area (Å²) in [5.74, 6) is -0.690. The molecule has 3 rings (SSSR count). The van der Waals surface area contributed by atoms with Crippen LogP contribution in [0.3, 0.4) is 0 Å². The van der Waals surface area contributed by atoms with Crippen LogP contribution in [-0.2, 0) is 11.8 Å². The number of anilines is 1. The predicted molar refractivity (Wildman–Crippen MR) is 106 cm³/mol. The zero-order valence-corrected chi connectivity index (χ0v) is 17.3. The summed E-state index contributed by atoms with van der Waals surface area (Å²) in [5, 5.41) is 11.2. The molecule has 0 atom stereocenters. The molecule has 6 nitrogen and oxygen atoms in total. The van der Waals surface area contributed by atoms with Crippen LogP contribution in [0, 0.1) is 11.6 Å². The average Bonchev–Trinajstić information content (AvgIpc) is 3.03. The van der Waals surface area contributed by atoms with Gasteiger partial charge in [-0.3, -0.25) is 4.79 Å². The van der Waals surface area contributed by atoms with Gasteiger partial charge >= 0.3 is 0 Å². The van der Waals surface area contributed by atoms with Crippen molar-refractivity contribution in [2.24, 2.45) is 7.05 Å². The molecular weight excluding hydrogens is 454 g/mol. The molecule has 0 spiro atoms. The number of nitrogens with zero attached hydrogens (tertiary/aromatic N) is 3. The number of rotatable bonds is 6. The highest BCUT2D eigenvalue weighted by Gasteiger charge is 2.16. The molecule has 0 aliphatic rings. The molecule has 0 aliphatic carbocycles. The van der Waals surface area contributed by atoms with Gasteiger partial charge in [-0.25, -0.2) is 8.78 Å². The second kappa shape index (κ2) is 8.70. The molecule has 0 unspecified atom stereocenters. The van der Waals surface area contributed by atoms with Gasteiger partial charge in [0, 0.05) is 23.2 Å². The van der Waals surface area contributed by atoms with Gasteiger partial charge in [-0.2, -0.15) is 0 Å². The lowest BCUT2D eigenvalue weighted by Crippen LogP contribution is -2.16. The Balaban J connectivity index is 1.66. The first-order valence-corrected chi connectivity index (χ1v) is 9.78. The van der Waals surface area contributed by atoms with Crippen molar-refractivity contribution in [2.75, 3.05) is 18.2 Å². The van der Waals surface area contributed by atoms with Crippen LogP contribution >= 0.6 is 27.7 Å². The van der Waals surface area contributed by atoms with Crippen molar-refractivity contribution < 1.29 is 18.3 Å². The van der Waals surface area contributed by atoms with Crippen molar-refractivity contribution in [3.05, 3.63) is 52.5 Å². The van der Waals surface area contributed by atoms with E-state index in [0.29, 0.717) is 17.0 Å². The van der Waals surface area contributed by atoms with Crippen molar-refractivity contribution in [1.29, 1.82) is 0 Å². The fourth-order valence-electron chi connectivity index (χ4n) is 2.40. The largest absolute Gasteiger partial charge is 0.497 e. The smallest absolute Gasteiger partial charge is 0.234 e. The van der Waals surface area contributed by atoms with E-state index in [9.17, 15) is 13.6 Å². The van der Waals surface area contributed by atoms with Gasteiger partial charge in [-0.05, 0) is 46.3 Å². The van der Waals surface area contributed by atoms with Crippen molar-refractivity contribution in [1.82, 2.24) is 14.8 Å². The van der Waals surface area contributed by atoms with Crippen molar-refractivity contribution >= 4 is 39.3 Å². The Morgan fingerprint density at radius 2 is 1.96 bits per heavy atom. The van der Waals surface area contributed by atoms with E-state index in [1.54, 1.807) is 18.7 Å². The quantitative estimate of drug-likeness (QED) is 0.547. The summed E-state index contributed by atoms with van der Waals surface area (Å²) in [4.78, 5) is 12.1.